The lowest BCUT2D eigenvalue weighted by atomic mass is 10.0. The van der Waals surface area contributed by atoms with E-state index in [-0.39, 0.29) is 22.8 Å². The summed E-state index contributed by atoms with van der Waals surface area (Å²) in [5.74, 6) is -0.376. The van der Waals surface area contributed by atoms with Gasteiger partial charge >= 0.3 is 0 Å². The van der Waals surface area contributed by atoms with Crippen molar-refractivity contribution in [3.63, 3.8) is 0 Å². The summed E-state index contributed by atoms with van der Waals surface area (Å²) in [4.78, 5) is 38.0. The molecule has 0 N–H and O–H groups in total. The second kappa shape index (κ2) is 7.83. The topological polar surface area (TPSA) is 98.3 Å². The number of nitrogens with zero attached hydrogens (tertiary/aromatic N) is 4. The Bertz CT molecular complexity index is 1380. The Morgan fingerprint density at radius 2 is 1.61 bits per heavy atom. The van der Waals surface area contributed by atoms with Crippen LogP contribution in [0.5, 0.6) is 0 Å². The molecule has 0 radical (unpaired) electrons. The van der Waals surface area contributed by atoms with E-state index in [9.17, 15) is 19.7 Å². The zero-order chi connectivity index (χ0) is 22.1. The molecule has 4 rings (SSSR count). The fraction of sp³-hybridized carbons (Fsp3) is 0.0870. The fourth-order valence-corrected chi connectivity index (χ4v) is 3.40. The van der Waals surface area contributed by atoms with Crippen molar-refractivity contribution >= 4 is 22.4 Å². The summed E-state index contributed by atoms with van der Waals surface area (Å²) < 4.78 is 1.03. The van der Waals surface area contributed by atoms with E-state index < -0.39 is 10.5 Å². The highest BCUT2D eigenvalue weighted by atomic mass is 16.6. The first-order chi connectivity index (χ1) is 14.9. The van der Waals surface area contributed by atoms with Crippen molar-refractivity contribution in [3.8, 4) is 16.9 Å². The summed E-state index contributed by atoms with van der Waals surface area (Å²) >= 11 is 0. The summed E-state index contributed by atoms with van der Waals surface area (Å²) in [6.07, 6.45) is 0. The highest BCUT2D eigenvalue weighted by Crippen LogP contribution is 2.28. The van der Waals surface area contributed by atoms with Crippen LogP contribution in [-0.2, 0) is 0 Å². The summed E-state index contributed by atoms with van der Waals surface area (Å²) in [6, 6.07) is 20.3. The SMILES string of the molecule is CN(C)C(=O)c1ccc(-n2nc(-c3ccccc3)c3ccccc3c2=O)c([N+](=O)[O-])c1. The zero-order valence-corrected chi connectivity index (χ0v) is 16.9. The Hall–Kier alpha value is -4.33. The standard InChI is InChI=1S/C23H18N4O4/c1-25(2)22(28)16-12-13-19(20(14-16)27(30)31)26-23(29)18-11-7-6-10-17(18)21(24-26)15-8-4-3-5-9-15/h3-14H,1-2H3. The highest BCUT2D eigenvalue weighted by molar-refractivity contribution is 5.96. The molecule has 0 saturated heterocycles. The Morgan fingerprint density at radius 1 is 0.968 bits per heavy atom. The Balaban J connectivity index is 2.03. The molecule has 1 amide bonds. The molecule has 1 heterocycles. The molecular weight excluding hydrogens is 396 g/mol. The predicted molar refractivity (Wildman–Crippen MR) is 117 cm³/mol. The quantitative estimate of drug-likeness (QED) is 0.375. The van der Waals surface area contributed by atoms with Crippen LogP contribution in [0.25, 0.3) is 27.7 Å². The van der Waals surface area contributed by atoms with Gasteiger partial charge in [0.15, 0.2) is 0 Å². The summed E-state index contributed by atoms with van der Waals surface area (Å²) in [5.41, 5.74) is 0.584. The molecular formula is C23H18N4O4. The van der Waals surface area contributed by atoms with Gasteiger partial charge in [0.25, 0.3) is 17.2 Å². The average molecular weight is 414 g/mol. The van der Waals surface area contributed by atoms with Crippen LogP contribution < -0.4 is 5.56 Å². The van der Waals surface area contributed by atoms with Crippen LogP contribution in [0.3, 0.4) is 0 Å². The molecule has 0 saturated carbocycles. The number of carbonyl (C=O) groups is 1. The van der Waals surface area contributed by atoms with Gasteiger partial charge in [0.1, 0.15) is 5.69 Å². The van der Waals surface area contributed by atoms with E-state index in [1.807, 2.05) is 36.4 Å². The van der Waals surface area contributed by atoms with E-state index in [4.69, 9.17) is 0 Å². The molecule has 1 aromatic heterocycles. The minimum absolute atomic E-state index is 0.00626. The van der Waals surface area contributed by atoms with Crippen LogP contribution >= 0.6 is 0 Å². The number of nitro benzene ring substituents is 1. The van der Waals surface area contributed by atoms with Crippen LogP contribution in [0.15, 0.2) is 77.6 Å². The number of hydrogen-bond donors (Lipinski definition) is 0. The van der Waals surface area contributed by atoms with Gasteiger partial charge in [-0.05, 0) is 18.2 Å². The fourth-order valence-electron chi connectivity index (χ4n) is 3.40. The molecule has 8 heteroatoms. The van der Waals surface area contributed by atoms with E-state index >= 15 is 0 Å². The molecule has 8 nitrogen and oxygen atoms in total. The van der Waals surface area contributed by atoms with Crippen molar-refractivity contribution in [2.24, 2.45) is 0 Å². The van der Waals surface area contributed by atoms with Crippen LogP contribution in [0.4, 0.5) is 5.69 Å². The predicted octanol–water partition coefficient (Wildman–Crippen LogP) is 3.66. The number of fused-ring (bicyclic) bond motifs is 1. The highest BCUT2D eigenvalue weighted by Gasteiger charge is 2.23. The number of hydrogen-bond acceptors (Lipinski definition) is 5. The van der Waals surface area contributed by atoms with Gasteiger partial charge in [0.05, 0.1) is 16.0 Å². The summed E-state index contributed by atoms with van der Waals surface area (Å²) in [6.45, 7) is 0. The lowest BCUT2D eigenvalue weighted by Gasteiger charge is -2.13. The van der Waals surface area contributed by atoms with E-state index in [0.29, 0.717) is 16.5 Å². The first-order valence-corrected chi connectivity index (χ1v) is 9.46. The molecule has 0 spiro atoms. The molecule has 3 aromatic carbocycles. The number of benzene rings is 3. The van der Waals surface area contributed by atoms with Crippen molar-refractivity contribution in [3.05, 3.63) is 98.8 Å². The minimum atomic E-state index is -0.618. The Kier molecular flexibility index (Phi) is 5.04. The number of rotatable bonds is 4. The molecule has 0 unspecified atom stereocenters. The first-order valence-electron chi connectivity index (χ1n) is 9.46. The van der Waals surface area contributed by atoms with E-state index in [1.54, 1.807) is 32.3 Å². The van der Waals surface area contributed by atoms with Crippen LogP contribution in [0.2, 0.25) is 0 Å². The van der Waals surface area contributed by atoms with E-state index in [0.717, 1.165) is 10.2 Å². The number of amides is 1. The Labute approximate surface area is 177 Å². The molecule has 0 bridgehead atoms. The minimum Gasteiger partial charge on any atom is -0.345 e. The molecule has 31 heavy (non-hydrogen) atoms. The van der Waals surface area contributed by atoms with Gasteiger partial charge in [-0.25, -0.2) is 0 Å². The number of nitro groups is 1. The molecule has 0 aliphatic heterocycles. The van der Waals surface area contributed by atoms with Crippen LogP contribution in [0.1, 0.15) is 10.4 Å². The average Bonchev–Trinajstić information content (AvgIpc) is 2.79. The van der Waals surface area contributed by atoms with Crippen molar-refractivity contribution in [1.29, 1.82) is 0 Å². The summed E-state index contributed by atoms with van der Waals surface area (Å²) in [5, 5.41) is 17.3. The molecule has 154 valence electrons. The largest absolute Gasteiger partial charge is 0.345 e. The number of aromatic nitrogens is 2. The van der Waals surface area contributed by atoms with Crippen molar-refractivity contribution in [1.82, 2.24) is 14.7 Å². The van der Waals surface area contributed by atoms with E-state index in [2.05, 4.69) is 5.10 Å². The third-order valence-electron chi connectivity index (χ3n) is 4.91. The lowest BCUT2D eigenvalue weighted by molar-refractivity contribution is -0.384. The van der Waals surface area contributed by atoms with Gasteiger partial charge in [-0.1, -0.05) is 48.5 Å². The van der Waals surface area contributed by atoms with Gasteiger partial charge < -0.3 is 4.90 Å². The van der Waals surface area contributed by atoms with Crippen molar-refractivity contribution in [2.45, 2.75) is 0 Å². The maximum Gasteiger partial charge on any atom is 0.295 e. The monoisotopic (exact) mass is 414 g/mol. The van der Waals surface area contributed by atoms with E-state index in [1.165, 1.54) is 23.1 Å². The summed E-state index contributed by atoms with van der Waals surface area (Å²) in [7, 11) is 3.12. The third-order valence-corrected chi connectivity index (χ3v) is 4.91. The van der Waals surface area contributed by atoms with Crippen molar-refractivity contribution < 1.29 is 9.72 Å². The maximum atomic E-state index is 13.2. The number of carbonyl (C=O) groups excluding carboxylic acids is 1. The van der Waals surface area contributed by atoms with Gasteiger partial charge in [0, 0.05) is 36.7 Å². The first kappa shape index (κ1) is 20.0. The van der Waals surface area contributed by atoms with Crippen LogP contribution in [0, 0.1) is 10.1 Å². The van der Waals surface area contributed by atoms with Gasteiger partial charge in [-0.2, -0.15) is 9.78 Å². The molecule has 0 fully saturated rings. The van der Waals surface area contributed by atoms with Gasteiger partial charge in [0.2, 0.25) is 0 Å². The third kappa shape index (κ3) is 3.55. The molecule has 0 aliphatic carbocycles. The molecule has 0 atom stereocenters. The normalized spacial score (nSPS) is 10.8. The van der Waals surface area contributed by atoms with Gasteiger partial charge in [-0.3, -0.25) is 19.7 Å². The van der Waals surface area contributed by atoms with Gasteiger partial charge in [-0.15, -0.1) is 0 Å². The zero-order valence-electron chi connectivity index (χ0n) is 16.9. The second-order valence-corrected chi connectivity index (χ2v) is 7.14. The second-order valence-electron chi connectivity index (χ2n) is 7.14. The van der Waals surface area contributed by atoms with Crippen molar-refractivity contribution in [2.75, 3.05) is 14.1 Å². The molecule has 4 aromatic rings. The Morgan fingerprint density at radius 3 is 2.26 bits per heavy atom. The maximum absolute atomic E-state index is 13.2. The smallest absolute Gasteiger partial charge is 0.295 e. The molecule has 0 aliphatic rings. The van der Waals surface area contributed by atoms with Crippen LogP contribution in [-0.4, -0.2) is 39.6 Å². The lowest BCUT2D eigenvalue weighted by Crippen LogP contribution is -2.24.